The Morgan fingerprint density at radius 3 is 2.65 bits per heavy atom. The van der Waals surface area contributed by atoms with Crippen molar-refractivity contribution in [1.82, 2.24) is 9.78 Å². The third-order valence-corrected chi connectivity index (χ3v) is 5.51. The highest BCUT2D eigenvalue weighted by Gasteiger charge is 2.16. The Labute approximate surface area is 167 Å². The Bertz CT molecular complexity index is 981. The summed E-state index contributed by atoms with van der Waals surface area (Å²) < 4.78 is 15.6. The van der Waals surface area contributed by atoms with Crippen molar-refractivity contribution >= 4 is 60.6 Å². The van der Waals surface area contributed by atoms with E-state index in [0.29, 0.717) is 26.1 Å². The number of nitrogens with zero attached hydrogens (tertiary/aromatic N) is 3. The average Bonchev–Trinajstić information content (AvgIpc) is 3.20. The van der Waals surface area contributed by atoms with Crippen LogP contribution in [0.3, 0.4) is 0 Å². The fraction of sp³-hybridized carbons (Fsp3) is 0.0667. The van der Waals surface area contributed by atoms with Gasteiger partial charge in [0.15, 0.2) is 0 Å². The van der Waals surface area contributed by atoms with Crippen molar-refractivity contribution in [3.63, 3.8) is 0 Å². The van der Waals surface area contributed by atoms with Gasteiger partial charge in [-0.25, -0.2) is 4.39 Å². The van der Waals surface area contributed by atoms with E-state index in [0.717, 1.165) is 5.56 Å². The number of thiophene rings is 1. The first-order valence-electron chi connectivity index (χ1n) is 7.04. The topological polar surface area (TPSA) is 90.1 Å². The Hall–Kier alpha value is -2.11. The predicted molar refractivity (Wildman–Crippen MR) is 102 cm³/mol. The summed E-state index contributed by atoms with van der Waals surface area (Å²) in [5.74, 6) is -1.02. The summed E-state index contributed by atoms with van der Waals surface area (Å²) in [6, 6.07) is 5.50. The maximum Gasteiger partial charge on any atom is 0.389 e. The molecule has 2 heterocycles. The van der Waals surface area contributed by atoms with Crippen molar-refractivity contribution in [1.29, 1.82) is 0 Å². The zero-order chi connectivity index (χ0) is 18.8. The molecular formula is C15H9Br2FN4O3S. The molecule has 0 aliphatic heterocycles. The molecule has 2 aromatic heterocycles. The Morgan fingerprint density at radius 2 is 2.04 bits per heavy atom. The van der Waals surface area contributed by atoms with E-state index in [1.807, 2.05) is 0 Å². The molecule has 1 aromatic carbocycles. The molecule has 1 amide bonds. The number of nitro groups is 1. The minimum absolute atomic E-state index is 0.232. The lowest BCUT2D eigenvalue weighted by atomic mass is 10.3. The van der Waals surface area contributed by atoms with E-state index in [-0.39, 0.29) is 11.7 Å². The number of carbonyl (C=O) groups is 1. The lowest BCUT2D eigenvalue weighted by Gasteiger charge is -2.09. The van der Waals surface area contributed by atoms with Crippen molar-refractivity contribution in [2.45, 2.75) is 6.54 Å². The van der Waals surface area contributed by atoms with Gasteiger partial charge >= 0.3 is 5.82 Å². The highest BCUT2D eigenvalue weighted by molar-refractivity contribution is 9.11. The van der Waals surface area contributed by atoms with Crippen molar-refractivity contribution in [2.75, 3.05) is 5.32 Å². The van der Waals surface area contributed by atoms with Gasteiger partial charge in [0.25, 0.3) is 5.91 Å². The lowest BCUT2D eigenvalue weighted by molar-refractivity contribution is -0.389. The van der Waals surface area contributed by atoms with Gasteiger partial charge in [0.1, 0.15) is 5.82 Å². The van der Waals surface area contributed by atoms with Gasteiger partial charge in [0.05, 0.1) is 34.5 Å². The summed E-state index contributed by atoms with van der Waals surface area (Å²) in [4.78, 5) is 23.0. The molecule has 11 heteroatoms. The molecule has 1 N–H and O–H groups in total. The van der Waals surface area contributed by atoms with Crippen LogP contribution in [0.5, 0.6) is 0 Å². The summed E-state index contributed by atoms with van der Waals surface area (Å²) in [5, 5.41) is 19.0. The van der Waals surface area contributed by atoms with Crippen LogP contribution in [-0.4, -0.2) is 20.6 Å². The van der Waals surface area contributed by atoms with E-state index in [1.54, 1.807) is 11.4 Å². The van der Waals surface area contributed by atoms with Gasteiger partial charge in [-0.15, -0.1) is 11.3 Å². The number of anilines is 1. The van der Waals surface area contributed by atoms with Crippen molar-refractivity contribution in [3.05, 3.63) is 71.2 Å². The molecule has 0 aliphatic carbocycles. The maximum absolute atomic E-state index is 13.3. The molecule has 3 rings (SSSR count). The maximum atomic E-state index is 13.3. The minimum atomic E-state index is -0.568. The second kappa shape index (κ2) is 7.64. The zero-order valence-electron chi connectivity index (χ0n) is 12.8. The van der Waals surface area contributed by atoms with Crippen LogP contribution < -0.4 is 5.32 Å². The first-order chi connectivity index (χ1) is 12.3. The van der Waals surface area contributed by atoms with Crippen LogP contribution in [0.1, 0.15) is 15.2 Å². The van der Waals surface area contributed by atoms with Crippen LogP contribution in [0.4, 0.5) is 15.9 Å². The van der Waals surface area contributed by atoms with Crippen molar-refractivity contribution in [2.24, 2.45) is 0 Å². The van der Waals surface area contributed by atoms with Crippen LogP contribution in [0.25, 0.3) is 0 Å². The van der Waals surface area contributed by atoms with Gasteiger partial charge in [-0.05, 0) is 65.9 Å². The lowest BCUT2D eigenvalue weighted by Crippen LogP contribution is -2.11. The molecule has 0 atom stereocenters. The number of hydrogen-bond acceptors (Lipinski definition) is 5. The van der Waals surface area contributed by atoms with Crippen LogP contribution >= 0.6 is 43.2 Å². The number of nitrogens with one attached hydrogen (secondary N) is 1. The van der Waals surface area contributed by atoms with E-state index in [4.69, 9.17) is 0 Å². The fourth-order valence-corrected chi connectivity index (χ4v) is 4.27. The predicted octanol–water partition coefficient (Wildman–Crippen LogP) is 4.82. The Kier molecular flexibility index (Phi) is 5.49. The van der Waals surface area contributed by atoms with Gasteiger partial charge in [-0.2, -0.15) is 4.68 Å². The molecule has 3 aromatic rings. The SMILES string of the molecule is O=C(Nc1c(Br)cc(F)cc1Br)c1cc(Cn2ccc([N+](=O)[O-])n2)cs1. The molecule has 0 spiro atoms. The van der Waals surface area contributed by atoms with Crippen LogP contribution in [0, 0.1) is 15.9 Å². The highest BCUT2D eigenvalue weighted by atomic mass is 79.9. The first-order valence-corrected chi connectivity index (χ1v) is 9.51. The van der Waals surface area contributed by atoms with E-state index in [9.17, 15) is 19.3 Å². The second-order valence-electron chi connectivity index (χ2n) is 5.15. The number of aromatic nitrogens is 2. The van der Waals surface area contributed by atoms with Gasteiger partial charge in [0, 0.05) is 8.95 Å². The molecule has 0 bridgehead atoms. The normalized spacial score (nSPS) is 10.7. The molecular weight excluding hydrogens is 495 g/mol. The van der Waals surface area contributed by atoms with Crippen LogP contribution in [-0.2, 0) is 6.54 Å². The van der Waals surface area contributed by atoms with Gasteiger partial charge in [-0.1, -0.05) is 0 Å². The van der Waals surface area contributed by atoms with Crippen LogP contribution in [0.15, 0.2) is 44.8 Å². The summed E-state index contributed by atoms with van der Waals surface area (Å²) in [6.45, 7) is 0.307. The number of halogens is 3. The van der Waals surface area contributed by atoms with E-state index < -0.39 is 10.7 Å². The van der Waals surface area contributed by atoms with E-state index >= 15 is 0 Å². The molecule has 0 saturated carbocycles. The largest absolute Gasteiger partial charge is 0.389 e. The van der Waals surface area contributed by atoms with Gasteiger partial charge in [-0.3, -0.25) is 4.79 Å². The fourth-order valence-electron chi connectivity index (χ4n) is 2.14. The summed E-state index contributed by atoms with van der Waals surface area (Å²) in [7, 11) is 0. The smallest absolute Gasteiger partial charge is 0.358 e. The molecule has 0 fully saturated rings. The quantitative estimate of drug-likeness (QED) is 0.399. The third-order valence-electron chi connectivity index (χ3n) is 3.28. The van der Waals surface area contributed by atoms with Crippen molar-refractivity contribution in [3.8, 4) is 0 Å². The number of amides is 1. The molecule has 7 nitrogen and oxygen atoms in total. The first kappa shape index (κ1) is 18.7. The molecule has 26 heavy (non-hydrogen) atoms. The molecule has 0 saturated heterocycles. The standard InChI is InChI=1S/C15H9Br2FN4O3S/c16-10-4-9(18)5-11(17)14(10)19-15(23)12-3-8(7-26-12)6-21-2-1-13(20-21)22(24)25/h1-5,7H,6H2,(H,19,23). The van der Waals surface area contributed by atoms with Gasteiger partial charge < -0.3 is 15.4 Å². The number of hydrogen-bond donors (Lipinski definition) is 1. The molecule has 134 valence electrons. The minimum Gasteiger partial charge on any atom is -0.358 e. The van der Waals surface area contributed by atoms with Crippen molar-refractivity contribution < 1.29 is 14.1 Å². The summed E-state index contributed by atoms with van der Waals surface area (Å²) >= 11 is 7.66. The van der Waals surface area contributed by atoms with E-state index in [2.05, 4.69) is 42.3 Å². The number of rotatable bonds is 5. The Morgan fingerprint density at radius 1 is 1.35 bits per heavy atom. The number of carbonyl (C=O) groups excluding carboxylic acids is 1. The summed E-state index contributed by atoms with van der Waals surface area (Å²) in [6.07, 6.45) is 1.50. The zero-order valence-corrected chi connectivity index (χ0v) is 16.8. The third kappa shape index (κ3) is 4.17. The molecule has 0 unspecified atom stereocenters. The number of benzene rings is 1. The summed E-state index contributed by atoms with van der Waals surface area (Å²) in [5.41, 5.74) is 1.21. The highest BCUT2D eigenvalue weighted by Crippen LogP contribution is 2.32. The van der Waals surface area contributed by atoms with E-state index in [1.165, 1.54) is 40.4 Å². The van der Waals surface area contributed by atoms with Gasteiger partial charge in [0.2, 0.25) is 0 Å². The monoisotopic (exact) mass is 502 g/mol. The molecule has 0 radical (unpaired) electrons. The Balaban J connectivity index is 1.73. The second-order valence-corrected chi connectivity index (χ2v) is 7.77. The van der Waals surface area contributed by atoms with Crippen LogP contribution in [0.2, 0.25) is 0 Å². The average molecular weight is 504 g/mol. The molecule has 0 aliphatic rings.